The van der Waals surface area contributed by atoms with Crippen LogP contribution in [-0.4, -0.2) is 52.3 Å². The van der Waals surface area contributed by atoms with Crippen molar-refractivity contribution >= 4 is 63.5 Å². The molecule has 1 atom stereocenters. The Labute approximate surface area is 237 Å². The predicted octanol–water partition coefficient (Wildman–Crippen LogP) is 5.18. The number of nitrogens with one attached hydrogen (secondary N) is 2. The number of carbonyl (C=O) groups excluding carboxylic acids is 3. The van der Waals surface area contributed by atoms with Gasteiger partial charge in [0, 0.05) is 15.5 Å². The van der Waals surface area contributed by atoms with E-state index in [0.717, 1.165) is 54.3 Å². The Morgan fingerprint density at radius 1 is 0.950 bits per heavy atom. The first-order valence-corrected chi connectivity index (χ1v) is 14.0. The molecule has 1 aliphatic rings. The minimum atomic E-state index is -1.43. The topological polar surface area (TPSA) is 159 Å². The number of esters is 1. The number of carboxylic acid groups (broad SMARTS) is 2. The smallest absolute Gasteiger partial charge is 0.341 e. The third-order valence-electron chi connectivity index (χ3n) is 6.31. The molecule has 2 aromatic carbocycles. The first-order valence-electron chi connectivity index (χ1n) is 12.3. The van der Waals surface area contributed by atoms with Crippen molar-refractivity contribution in [1.29, 1.82) is 0 Å². The van der Waals surface area contributed by atoms with E-state index in [4.69, 9.17) is 9.84 Å². The van der Waals surface area contributed by atoms with Crippen molar-refractivity contribution in [3.8, 4) is 0 Å². The zero-order valence-corrected chi connectivity index (χ0v) is 23.2. The molecule has 12 heteroatoms. The summed E-state index contributed by atoms with van der Waals surface area (Å²) in [4.78, 5) is 62.9. The number of carboxylic acids is 2. The molecule has 1 aromatic heterocycles. The summed E-state index contributed by atoms with van der Waals surface area (Å²) in [7, 11) is 1.32. The SMILES string of the molecule is COC(=O)c1c(NC(=O)C(C)Sc2cccc(NC(=O)c3ccc(C(=O)O)cc3C(=O)O)c2)sc2c1CCCC2. The number of fused-ring (bicyclic) bond motifs is 1. The third-order valence-corrected chi connectivity index (χ3v) is 8.61. The second-order valence-electron chi connectivity index (χ2n) is 9.01. The molecule has 2 amide bonds. The van der Waals surface area contributed by atoms with Crippen LogP contribution in [0.5, 0.6) is 0 Å². The number of hydrogen-bond donors (Lipinski definition) is 4. The number of aryl methyl sites for hydroxylation is 1. The van der Waals surface area contributed by atoms with Crippen LogP contribution in [0.25, 0.3) is 0 Å². The van der Waals surface area contributed by atoms with E-state index < -0.39 is 34.6 Å². The number of aromatic carboxylic acids is 2. The highest BCUT2D eigenvalue weighted by molar-refractivity contribution is 8.00. The number of thiophene rings is 1. The molecule has 0 aliphatic heterocycles. The molecule has 4 N–H and O–H groups in total. The Bertz CT molecular complexity index is 1510. The Hall–Kier alpha value is -4.16. The van der Waals surface area contributed by atoms with Gasteiger partial charge in [-0.15, -0.1) is 23.1 Å². The molecule has 0 fully saturated rings. The van der Waals surface area contributed by atoms with E-state index in [-0.39, 0.29) is 17.0 Å². The van der Waals surface area contributed by atoms with Crippen molar-refractivity contribution < 1.29 is 38.9 Å². The number of thioether (sulfide) groups is 1. The molecule has 1 aliphatic carbocycles. The van der Waals surface area contributed by atoms with Crippen LogP contribution in [0.1, 0.15) is 71.6 Å². The summed E-state index contributed by atoms with van der Waals surface area (Å²) in [5.41, 5.74) is 0.861. The molecule has 0 bridgehead atoms. The highest BCUT2D eigenvalue weighted by Gasteiger charge is 2.28. The van der Waals surface area contributed by atoms with E-state index in [9.17, 15) is 29.1 Å². The van der Waals surface area contributed by atoms with E-state index in [1.165, 1.54) is 30.2 Å². The summed E-state index contributed by atoms with van der Waals surface area (Å²) in [5, 5.41) is 24.0. The fourth-order valence-electron chi connectivity index (χ4n) is 4.34. The number of ether oxygens (including phenoxy) is 1. The molecule has 208 valence electrons. The molecule has 1 unspecified atom stereocenters. The molecule has 0 saturated carbocycles. The maximum atomic E-state index is 13.1. The minimum Gasteiger partial charge on any atom is -0.478 e. The van der Waals surface area contributed by atoms with Crippen LogP contribution < -0.4 is 10.6 Å². The molecule has 1 heterocycles. The number of carbonyl (C=O) groups is 5. The van der Waals surface area contributed by atoms with Gasteiger partial charge < -0.3 is 25.6 Å². The molecule has 0 spiro atoms. The van der Waals surface area contributed by atoms with Crippen LogP contribution in [0.15, 0.2) is 47.4 Å². The number of rotatable bonds is 9. The van der Waals surface area contributed by atoms with Crippen LogP contribution >= 0.6 is 23.1 Å². The lowest BCUT2D eigenvalue weighted by Gasteiger charge is -2.14. The molecule has 10 nitrogen and oxygen atoms in total. The maximum absolute atomic E-state index is 13.1. The van der Waals surface area contributed by atoms with Crippen molar-refractivity contribution in [1.82, 2.24) is 0 Å². The monoisotopic (exact) mass is 582 g/mol. The largest absolute Gasteiger partial charge is 0.478 e. The molecule has 40 heavy (non-hydrogen) atoms. The van der Waals surface area contributed by atoms with Gasteiger partial charge in [-0.05, 0) is 74.6 Å². The fourth-order valence-corrected chi connectivity index (χ4v) is 6.55. The van der Waals surface area contributed by atoms with Gasteiger partial charge in [0.15, 0.2) is 0 Å². The van der Waals surface area contributed by atoms with Crippen molar-refractivity contribution in [2.75, 3.05) is 17.7 Å². The zero-order chi connectivity index (χ0) is 29.0. The van der Waals surface area contributed by atoms with Crippen molar-refractivity contribution in [3.05, 3.63) is 75.2 Å². The van der Waals surface area contributed by atoms with E-state index in [2.05, 4.69) is 10.6 Å². The quantitative estimate of drug-likeness (QED) is 0.197. The highest BCUT2D eigenvalue weighted by atomic mass is 32.2. The van der Waals surface area contributed by atoms with Crippen molar-refractivity contribution in [2.45, 2.75) is 42.8 Å². The number of amides is 2. The predicted molar refractivity (Wildman–Crippen MR) is 151 cm³/mol. The van der Waals surface area contributed by atoms with Crippen LogP contribution in [-0.2, 0) is 22.4 Å². The van der Waals surface area contributed by atoms with Crippen LogP contribution in [0, 0.1) is 0 Å². The fraction of sp³-hybridized carbons (Fsp3) is 0.250. The Kier molecular flexibility index (Phi) is 8.90. The summed E-state index contributed by atoms with van der Waals surface area (Å²) in [6.07, 6.45) is 3.64. The second kappa shape index (κ2) is 12.3. The molecule has 0 radical (unpaired) electrons. The Balaban J connectivity index is 1.46. The zero-order valence-electron chi connectivity index (χ0n) is 21.6. The highest BCUT2D eigenvalue weighted by Crippen LogP contribution is 2.39. The van der Waals surface area contributed by atoms with Gasteiger partial charge in [0.05, 0.1) is 34.6 Å². The molecular weight excluding hydrogens is 556 g/mol. The van der Waals surface area contributed by atoms with Gasteiger partial charge in [-0.2, -0.15) is 0 Å². The lowest BCUT2D eigenvalue weighted by Crippen LogP contribution is -2.23. The summed E-state index contributed by atoms with van der Waals surface area (Å²) < 4.78 is 4.97. The average molecular weight is 583 g/mol. The summed E-state index contributed by atoms with van der Waals surface area (Å²) >= 11 is 2.65. The van der Waals surface area contributed by atoms with Gasteiger partial charge >= 0.3 is 17.9 Å². The Morgan fingerprint density at radius 3 is 2.40 bits per heavy atom. The lowest BCUT2D eigenvalue weighted by molar-refractivity contribution is -0.115. The van der Waals surface area contributed by atoms with Gasteiger partial charge in [-0.1, -0.05) is 6.07 Å². The van der Waals surface area contributed by atoms with E-state index in [0.29, 0.717) is 21.1 Å². The number of methoxy groups -OCH3 is 1. The van der Waals surface area contributed by atoms with Gasteiger partial charge in [-0.25, -0.2) is 14.4 Å². The minimum absolute atomic E-state index is 0.191. The van der Waals surface area contributed by atoms with E-state index >= 15 is 0 Å². The second-order valence-corrected chi connectivity index (χ2v) is 11.5. The number of hydrogen-bond acceptors (Lipinski definition) is 8. The normalized spacial score (nSPS) is 13.1. The van der Waals surface area contributed by atoms with Gasteiger partial charge in [-0.3, -0.25) is 9.59 Å². The van der Waals surface area contributed by atoms with Crippen LogP contribution in [0.2, 0.25) is 0 Å². The molecular formula is C28H26N2O8S2. The van der Waals surface area contributed by atoms with Crippen LogP contribution in [0.4, 0.5) is 10.7 Å². The first kappa shape index (κ1) is 28.8. The summed E-state index contributed by atoms with van der Waals surface area (Å²) in [6.45, 7) is 1.72. The lowest BCUT2D eigenvalue weighted by atomic mass is 9.95. The number of anilines is 2. The van der Waals surface area contributed by atoms with Crippen molar-refractivity contribution in [3.63, 3.8) is 0 Å². The third kappa shape index (κ3) is 6.35. The molecule has 4 rings (SSSR count). The van der Waals surface area contributed by atoms with Gasteiger partial charge in [0.2, 0.25) is 5.91 Å². The standard InChI is InChI=1S/C28H26N2O8S2/c1-14(23(31)30-25-22(28(37)38-2)19-8-3-4-9-21(19)40-25)39-17-7-5-6-16(13-17)29-24(32)18-11-10-15(26(33)34)12-20(18)27(35)36/h5-7,10-14H,3-4,8-9H2,1-2H3,(H,29,32)(H,30,31)(H,33,34)(H,35,36). The Morgan fingerprint density at radius 2 is 1.70 bits per heavy atom. The number of benzene rings is 2. The molecule has 3 aromatic rings. The first-order chi connectivity index (χ1) is 19.1. The maximum Gasteiger partial charge on any atom is 0.341 e. The van der Waals surface area contributed by atoms with Crippen molar-refractivity contribution in [2.24, 2.45) is 0 Å². The summed E-state index contributed by atoms with van der Waals surface area (Å²) in [5.74, 6) is -4.23. The van der Waals surface area contributed by atoms with E-state index in [1.54, 1.807) is 31.2 Å². The van der Waals surface area contributed by atoms with Crippen LogP contribution in [0.3, 0.4) is 0 Å². The van der Waals surface area contributed by atoms with E-state index in [1.807, 2.05) is 0 Å². The average Bonchev–Trinajstić information content (AvgIpc) is 3.30. The van der Waals surface area contributed by atoms with Gasteiger partial charge in [0.1, 0.15) is 5.00 Å². The van der Waals surface area contributed by atoms with Gasteiger partial charge in [0.25, 0.3) is 5.91 Å². The summed E-state index contributed by atoms with van der Waals surface area (Å²) in [6, 6.07) is 9.93. The molecule has 0 saturated heterocycles.